The highest BCUT2D eigenvalue weighted by atomic mass is 16.5. The summed E-state index contributed by atoms with van der Waals surface area (Å²) in [6.07, 6.45) is 0. The van der Waals surface area contributed by atoms with Crippen molar-refractivity contribution >= 4 is 5.91 Å². The molecule has 0 spiro atoms. The zero-order chi connectivity index (χ0) is 11.6. The van der Waals surface area contributed by atoms with Crippen LogP contribution in [0.4, 0.5) is 0 Å². The first kappa shape index (κ1) is 11.5. The number of ether oxygens (including phenoxy) is 1. The third kappa shape index (κ3) is 2.46. The summed E-state index contributed by atoms with van der Waals surface area (Å²) < 4.78 is 5.14. The summed E-state index contributed by atoms with van der Waals surface area (Å²) in [6, 6.07) is 3.44. The van der Waals surface area contributed by atoms with Gasteiger partial charge in [0.15, 0.2) is 0 Å². The first-order chi connectivity index (χ1) is 6.86. The van der Waals surface area contributed by atoms with Crippen LogP contribution in [0.5, 0.6) is 5.88 Å². The van der Waals surface area contributed by atoms with Gasteiger partial charge >= 0.3 is 0 Å². The summed E-state index contributed by atoms with van der Waals surface area (Å²) in [4.78, 5) is 15.0. The van der Waals surface area contributed by atoms with Crippen LogP contribution in [-0.2, 0) is 5.41 Å². The van der Waals surface area contributed by atoms with Crippen molar-refractivity contribution in [2.45, 2.75) is 26.2 Å². The minimum Gasteiger partial charge on any atom is -0.481 e. The molecule has 0 aliphatic rings. The summed E-state index contributed by atoms with van der Waals surface area (Å²) in [6.45, 7) is 6.16. The van der Waals surface area contributed by atoms with E-state index < -0.39 is 5.91 Å². The number of amides is 1. The molecule has 0 bridgehead atoms. The molecule has 0 saturated heterocycles. The molecule has 1 aromatic rings. The van der Waals surface area contributed by atoms with Gasteiger partial charge in [0.2, 0.25) is 5.88 Å². The van der Waals surface area contributed by atoms with E-state index in [1.165, 1.54) is 7.11 Å². The molecule has 2 N–H and O–H groups in total. The highest BCUT2D eigenvalue weighted by Crippen LogP contribution is 2.29. The molecule has 4 heteroatoms. The highest BCUT2D eigenvalue weighted by Gasteiger charge is 2.20. The van der Waals surface area contributed by atoms with Gasteiger partial charge < -0.3 is 10.5 Å². The Hall–Kier alpha value is -1.58. The second-order valence-electron chi connectivity index (χ2n) is 4.37. The van der Waals surface area contributed by atoms with Crippen LogP contribution in [0.25, 0.3) is 0 Å². The lowest BCUT2D eigenvalue weighted by atomic mass is 9.87. The van der Waals surface area contributed by atoms with Gasteiger partial charge in [-0.3, -0.25) is 4.79 Å². The van der Waals surface area contributed by atoms with Gasteiger partial charge in [-0.05, 0) is 11.5 Å². The number of nitrogens with zero attached hydrogens (tertiary/aromatic N) is 1. The number of nitrogens with two attached hydrogens (primary N) is 1. The van der Waals surface area contributed by atoms with Crippen molar-refractivity contribution in [1.82, 2.24) is 4.98 Å². The molecule has 0 unspecified atom stereocenters. The lowest BCUT2D eigenvalue weighted by Gasteiger charge is -2.21. The fourth-order valence-corrected chi connectivity index (χ4v) is 1.30. The van der Waals surface area contributed by atoms with Crippen molar-refractivity contribution in [2.75, 3.05) is 7.11 Å². The molecule has 15 heavy (non-hydrogen) atoms. The zero-order valence-corrected chi connectivity index (χ0v) is 9.50. The smallest absolute Gasteiger partial charge is 0.267 e. The molecule has 0 aliphatic heterocycles. The van der Waals surface area contributed by atoms with E-state index in [0.29, 0.717) is 5.88 Å². The van der Waals surface area contributed by atoms with Crippen molar-refractivity contribution in [3.63, 3.8) is 0 Å². The molecule has 1 heterocycles. The number of carbonyl (C=O) groups is 1. The first-order valence-electron chi connectivity index (χ1n) is 4.71. The average Bonchev–Trinajstić information content (AvgIpc) is 2.15. The third-order valence-electron chi connectivity index (χ3n) is 2.11. The lowest BCUT2D eigenvalue weighted by Crippen LogP contribution is -2.17. The molecule has 0 aliphatic carbocycles. The largest absolute Gasteiger partial charge is 0.481 e. The van der Waals surface area contributed by atoms with Crippen LogP contribution in [-0.4, -0.2) is 18.0 Å². The van der Waals surface area contributed by atoms with Gasteiger partial charge in [0.25, 0.3) is 5.91 Å². The Morgan fingerprint density at radius 3 is 2.40 bits per heavy atom. The Balaban J connectivity index is 3.27. The maximum Gasteiger partial charge on any atom is 0.267 e. The van der Waals surface area contributed by atoms with Crippen LogP contribution in [0, 0.1) is 0 Å². The molecule has 4 nitrogen and oxygen atoms in total. The van der Waals surface area contributed by atoms with Crippen molar-refractivity contribution in [3.05, 3.63) is 23.4 Å². The quantitative estimate of drug-likeness (QED) is 0.800. The predicted octanol–water partition coefficient (Wildman–Crippen LogP) is 1.49. The number of aromatic nitrogens is 1. The van der Waals surface area contributed by atoms with Crippen LogP contribution < -0.4 is 10.5 Å². The highest BCUT2D eigenvalue weighted by molar-refractivity contribution is 5.90. The molecule has 0 atom stereocenters. The Morgan fingerprint density at radius 2 is 2.00 bits per heavy atom. The topological polar surface area (TPSA) is 65.2 Å². The standard InChI is InChI=1S/C11H16N2O2/c1-11(2,3)7-5-6-8(9(12)14)13-10(7)15-4/h5-6H,1-4H3,(H2,12,14). The van der Waals surface area contributed by atoms with E-state index >= 15 is 0 Å². The van der Waals surface area contributed by atoms with Crippen LogP contribution in [0.1, 0.15) is 36.8 Å². The number of pyridine rings is 1. The van der Waals surface area contributed by atoms with E-state index in [0.717, 1.165) is 5.56 Å². The van der Waals surface area contributed by atoms with Gasteiger partial charge in [-0.2, -0.15) is 0 Å². The van der Waals surface area contributed by atoms with Gasteiger partial charge in [-0.15, -0.1) is 0 Å². The minimum atomic E-state index is -0.547. The summed E-state index contributed by atoms with van der Waals surface area (Å²) in [5.41, 5.74) is 6.24. The van der Waals surface area contributed by atoms with Gasteiger partial charge in [0, 0.05) is 5.56 Å². The summed E-state index contributed by atoms with van der Waals surface area (Å²) in [5, 5.41) is 0. The van der Waals surface area contributed by atoms with Crippen molar-refractivity contribution in [2.24, 2.45) is 5.73 Å². The van der Waals surface area contributed by atoms with Crippen molar-refractivity contribution in [3.8, 4) is 5.88 Å². The summed E-state index contributed by atoms with van der Waals surface area (Å²) in [5.74, 6) is -0.0902. The number of hydrogen-bond acceptors (Lipinski definition) is 3. The van der Waals surface area contributed by atoms with Gasteiger partial charge in [-0.1, -0.05) is 26.8 Å². The Bertz CT molecular complexity index is 381. The number of carbonyl (C=O) groups excluding carboxylic acids is 1. The third-order valence-corrected chi connectivity index (χ3v) is 2.11. The maximum absolute atomic E-state index is 10.9. The number of hydrogen-bond donors (Lipinski definition) is 1. The van der Waals surface area contributed by atoms with Crippen LogP contribution in [0.3, 0.4) is 0 Å². The zero-order valence-electron chi connectivity index (χ0n) is 9.50. The van der Waals surface area contributed by atoms with E-state index in [-0.39, 0.29) is 11.1 Å². The van der Waals surface area contributed by atoms with E-state index in [1.807, 2.05) is 6.07 Å². The van der Waals surface area contributed by atoms with Gasteiger partial charge in [0.05, 0.1) is 7.11 Å². The molecule has 0 fully saturated rings. The van der Waals surface area contributed by atoms with Gasteiger partial charge in [0.1, 0.15) is 5.69 Å². The van der Waals surface area contributed by atoms with E-state index in [4.69, 9.17) is 10.5 Å². The van der Waals surface area contributed by atoms with E-state index in [1.54, 1.807) is 6.07 Å². The molecule has 0 aromatic carbocycles. The second kappa shape index (κ2) is 3.88. The Kier molecular flexibility index (Phi) is 2.98. The number of rotatable bonds is 2. The van der Waals surface area contributed by atoms with Crippen LogP contribution in [0.15, 0.2) is 12.1 Å². The molecule has 1 amide bonds. The predicted molar refractivity (Wildman–Crippen MR) is 58.0 cm³/mol. The number of methoxy groups -OCH3 is 1. The van der Waals surface area contributed by atoms with Crippen LogP contribution >= 0.6 is 0 Å². The fourth-order valence-electron chi connectivity index (χ4n) is 1.30. The molecule has 0 saturated carbocycles. The Morgan fingerprint density at radius 1 is 1.40 bits per heavy atom. The van der Waals surface area contributed by atoms with E-state index in [9.17, 15) is 4.79 Å². The second-order valence-corrected chi connectivity index (χ2v) is 4.37. The first-order valence-corrected chi connectivity index (χ1v) is 4.71. The molecule has 82 valence electrons. The van der Waals surface area contributed by atoms with E-state index in [2.05, 4.69) is 25.8 Å². The summed E-state index contributed by atoms with van der Waals surface area (Å²) >= 11 is 0. The lowest BCUT2D eigenvalue weighted by molar-refractivity contribution is 0.0994. The molecule has 0 radical (unpaired) electrons. The maximum atomic E-state index is 10.9. The van der Waals surface area contributed by atoms with Crippen LogP contribution in [0.2, 0.25) is 0 Å². The molecular weight excluding hydrogens is 192 g/mol. The SMILES string of the molecule is COc1nc(C(N)=O)ccc1C(C)(C)C. The molecule has 1 aromatic heterocycles. The number of primary amides is 1. The normalized spacial score (nSPS) is 11.2. The van der Waals surface area contributed by atoms with Crippen molar-refractivity contribution < 1.29 is 9.53 Å². The molecule has 1 rings (SSSR count). The summed E-state index contributed by atoms with van der Waals surface area (Å²) in [7, 11) is 1.53. The monoisotopic (exact) mass is 208 g/mol. The van der Waals surface area contributed by atoms with Crippen molar-refractivity contribution in [1.29, 1.82) is 0 Å². The van der Waals surface area contributed by atoms with Gasteiger partial charge in [-0.25, -0.2) is 4.98 Å². The fraction of sp³-hybridized carbons (Fsp3) is 0.455. The Labute approximate surface area is 89.5 Å². The average molecular weight is 208 g/mol. The molecular formula is C11H16N2O2. The minimum absolute atomic E-state index is 0.0749.